The summed E-state index contributed by atoms with van der Waals surface area (Å²) in [5, 5.41) is 7.37. The molecule has 6 nitrogen and oxygen atoms in total. The Kier molecular flexibility index (Phi) is 3.43. The van der Waals surface area contributed by atoms with E-state index in [0.29, 0.717) is 5.69 Å². The first-order chi connectivity index (χ1) is 8.11. The van der Waals surface area contributed by atoms with Gasteiger partial charge in [-0.05, 0) is 18.2 Å². The lowest BCUT2D eigenvalue weighted by molar-refractivity contribution is 0.606. The van der Waals surface area contributed by atoms with Crippen LogP contribution in [0.25, 0.3) is 5.69 Å². The topological polar surface area (TPSA) is 76.9 Å². The lowest BCUT2D eigenvalue weighted by Gasteiger charge is -2.07. The Morgan fingerprint density at radius 1 is 1.29 bits per heavy atom. The van der Waals surface area contributed by atoms with Crippen molar-refractivity contribution in [3.05, 3.63) is 36.9 Å². The number of aromatic nitrogens is 3. The van der Waals surface area contributed by atoms with Crippen molar-refractivity contribution in [1.82, 2.24) is 14.8 Å². The molecule has 0 aliphatic rings. The van der Waals surface area contributed by atoms with E-state index < -0.39 is 10.0 Å². The third-order valence-electron chi connectivity index (χ3n) is 1.98. The molecule has 0 saturated carbocycles. The van der Waals surface area contributed by atoms with Crippen LogP contribution in [0.2, 0.25) is 0 Å². The number of nitrogens with one attached hydrogen (secondary N) is 1. The van der Waals surface area contributed by atoms with Crippen LogP contribution in [0.15, 0.2) is 36.9 Å². The summed E-state index contributed by atoms with van der Waals surface area (Å²) in [6.45, 7) is 0. The largest absolute Gasteiger partial charge is 0.288 e. The summed E-state index contributed by atoms with van der Waals surface area (Å²) in [6, 6.07) is 6.95. The van der Waals surface area contributed by atoms with Crippen molar-refractivity contribution in [2.75, 3.05) is 9.38 Å². The molecule has 0 spiro atoms. The van der Waals surface area contributed by atoms with E-state index in [1.54, 1.807) is 22.8 Å². The third-order valence-corrected chi connectivity index (χ3v) is 4.62. The molecular weight excluding hydrogens is 308 g/mol. The minimum atomic E-state index is -3.33. The molecule has 0 bridgehead atoms. The van der Waals surface area contributed by atoms with E-state index in [1.807, 2.05) is 6.07 Å². The van der Waals surface area contributed by atoms with Crippen LogP contribution < -0.4 is 4.72 Å². The number of nitrogens with zero attached hydrogens (tertiary/aromatic N) is 3. The summed E-state index contributed by atoms with van der Waals surface area (Å²) in [5.41, 5.74) is 1.28. The predicted octanol–water partition coefficient (Wildman–Crippen LogP) is 1.36. The van der Waals surface area contributed by atoms with Crippen molar-refractivity contribution in [2.24, 2.45) is 0 Å². The Hall–Kier alpha value is -1.41. The molecule has 2 aromatic rings. The molecule has 1 heterocycles. The van der Waals surface area contributed by atoms with E-state index in [1.165, 1.54) is 12.7 Å². The fourth-order valence-corrected chi connectivity index (χ4v) is 2.15. The molecule has 0 atom stereocenters. The summed E-state index contributed by atoms with van der Waals surface area (Å²) in [5.74, 6) is 0. The smallest absolute Gasteiger partial charge is 0.242 e. The van der Waals surface area contributed by atoms with Crippen LogP contribution >= 0.6 is 15.9 Å². The van der Waals surface area contributed by atoms with E-state index >= 15 is 0 Å². The maximum absolute atomic E-state index is 11.4. The van der Waals surface area contributed by atoms with E-state index in [-0.39, 0.29) is 4.66 Å². The standard InChI is InChI=1S/C9H9BrN4O2S/c10-5-17(15,16)13-8-2-1-3-9(4-8)14-6-11-12-7-14/h1-4,6-7,13H,5H2. The molecule has 2 rings (SSSR count). The monoisotopic (exact) mass is 316 g/mol. The summed E-state index contributed by atoms with van der Waals surface area (Å²) in [7, 11) is -3.33. The number of hydrogen-bond acceptors (Lipinski definition) is 4. The van der Waals surface area contributed by atoms with Crippen LogP contribution in [-0.4, -0.2) is 27.8 Å². The van der Waals surface area contributed by atoms with Crippen molar-refractivity contribution < 1.29 is 8.42 Å². The molecule has 0 amide bonds. The van der Waals surface area contributed by atoms with Crippen molar-refractivity contribution in [1.29, 1.82) is 0 Å². The Bertz CT molecular complexity index is 597. The fraction of sp³-hybridized carbons (Fsp3) is 0.111. The minimum Gasteiger partial charge on any atom is -0.288 e. The van der Waals surface area contributed by atoms with Crippen molar-refractivity contribution in [2.45, 2.75) is 0 Å². The molecular formula is C9H9BrN4O2S. The molecule has 1 aromatic heterocycles. The molecule has 0 aliphatic carbocycles. The highest BCUT2D eigenvalue weighted by molar-refractivity contribution is 9.10. The molecule has 0 radical (unpaired) electrons. The van der Waals surface area contributed by atoms with Crippen LogP contribution in [-0.2, 0) is 10.0 Å². The van der Waals surface area contributed by atoms with Gasteiger partial charge in [0.25, 0.3) is 0 Å². The van der Waals surface area contributed by atoms with Gasteiger partial charge in [-0.3, -0.25) is 9.29 Å². The number of sulfonamides is 1. The van der Waals surface area contributed by atoms with Gasteiger partial charge in [-0.2, -0.15) is 0 Å². The van der Waals surface area contributed by atoms with Gasteiger partial charge in [0.15, 0.2) is 0 Å². The van der Waals surface area contributed by atoms with Crippen molar-refractivity contribution in [3.8, 4) is 5.69 Å². The number of rotatable bonds is 4. The number of hydrogen-bond donors (Lipinski definition) is 1. The lowest BCUT2D eigenvalue weighted by Crippen LogP contribution is -2.13. The van der Waals surface area contributed by atoms with Gasteiger partial charge in [-0.1, -0.05) is 22.0 Å². The zero-order valence-electron chi connectivity index (χ0n) is 8.62. The van der Waals surface area contributed by atoms with E-state index in [4.69, 9.17) is 0 Å². The molecule has 0 unspecified atom stereocenters. The maximum Gasteiger partial charge on any atom is 0.242 e. The highest BCUT2D eigenvalue weighted by Crippen LogP contribution is 2.15. The molecule has 0 aliphatic heterocycles. The van der Waals surface area contributed by atoms with Gasteiger partial charge in [0.1, 0.15) is 17.3 Å². The predicted molar refractivity (Wildman–Crippen MR) is 67.7 cm³/mol. The molecule has 90 valence electrons. The van der Waals surface area contributed by atoms with Gasteiger partial charge in [0, 0.05) is 0 Å². The van der Waals surface area contributed by atoms with Crippen LogP contribution in [0.1, 0.15) is 0 Å². The van der Waals surface area contributed by atoms with Crippen LogP contribution in [0.4, 0.5) is 5.69 Å². The number of halogens is 1. The first-order valence-electron chi connectivity index (χ1n) is 4.62. The average molecular weight is 317 g/mol. The fourth-order valence-electron chi connectivity index (χ4n) is 1.27. The Morgan fingerprint density at radius 2 is 2.00 bits per heavy atom. The third kappa shape index (κ3) is 3.04. The van der Waals surface area contributed by atoms with E-state index in [0.717, 1.165) is 5.69 Å². The van der Waals surface area contributed by atoms with Crippen molar-refractivity contribution >= 4 is 31.6 Å². The first kappa shape index (κ1) is 12.1. The molecule has 1 N–H and O–H groups in total. The van der Waals surface area contributed by atoms with Gasteiger partial charge in [0.05, 0.1) is 11.4 Å². The van der Waals surface area contributed by atoms with Gasteiger partial charge < -0.3 is 0 Å². The minimum absolute atomic E-state index is 0.142. The average Bonchev–Trinajstić information content (AvgIpc) is 2.82. The Labute approximate surface area is 107 Å². The zero-order chi connectivity index (χ0) is 12.3. The summed E-state index contributed by atoms with van der Waals surface area (Å²) < 4.78 is 26.7. The molecule has 1 aromatic carbocycles. The second-order valence-corrected chi connectivity index (χ2v) is 6.27. The molecule has 8 heteroatoms. The lowest BCUT2D eigenvalue weighted by atomic mass is 10.3. The van der Waals surface area contributed by atoms with Crippen LogP contribution in [0.3, 0.4) is 0 Å². The maximum atomic E-state index is 11.4. The zero-order valence-corrected chi connectivity index (χ0v) is 11.0. The normalized spacial score (nSPS) is 11.4. The summed E-state index contributed by atoms with van der Waals surface area (Å²) in [6.07, 6.45) is 3.08. The highest BCUT2D eigenvalue weighted by atomic mass is 79.9. The summed E-state index contributed by atoms with van der Waals surface area (Å²) in [4.78, 5) is 0. The highest BCUT2D eigenvalue weighted by Gasteiger charge is 2.08. The van der Waals surface area contributed by atoms with Gasteiger partial charge >= 0.3 is 0 Å². The quantitative estimate of drug-likeness (QED) is 0.864. The Balaban J connectivity index is 2.30. The van der Waals surface area contributed by atoms with E-state index in [9.17, 15) is 8.42 Å². The number of alkyl halides is 1. The van der Waals surface area contributed by atoms with Crippen molar-refractivity contribution in [3.63, 3.8) is 0 Å². The first-order valence-corrected chi connectivity index (χ1v) is 7.39. The SMILES string of the molecule is O=S(=O)(CBr)Nc1cccc(-n2cnnc2)c1. The number of anilines is 1. The molecule has 17 heavy (non-hydrogen) atoms. The van der Waals surface area contributed by atoms with E-state index in [2.05, 4.69) is 30.8 Å². The molecule has 0 saturated heterocycles. The molecule has 0 fully saturated rings. The van der Waals surface area contributed by atoms with Gasteiger partial charge in [-0.15, -0.1) is 10.2 Å². The Morgan fingerprint density at radius 3 is 2.65 bits per heavy atom. The summed E-state index contributed by atoms with van der Waals surface area (Å²) >= 11 is 2.91. The number of benzene rings is 1. The second kappa shape index (κ2) is 4.84. The van der Waals surface area contributed by atoms with Gasteiger partial charge in [0.2, 0.25) is 10.0 Å². The van der Waals surface area contributed by atoms with Gasteiger partial charge in [-0.25, -0.2) is 8.42 Å². The second-order valence-electron chi connectivity index (χ2n) is 3.25. The van der Waals surface area contributed by atoms with Crippen LogP contribution in [0.5, 0.6) is 0 Å². The van der Waals surface area contributed by atoms with Crippen LogP contribution in [0, 0.1) is 0 Å².